The van der Waals surface area contributed by atoms with Gasteiger partial charge in [-0.3, -0.25) is 9.59 Å². The Hall–Kier alpha value is -4.06. The van der Waals surface area contributed by atoms with Crippen LogP contribution >= 0.6 is 27.5 Å². The van der Waals surface area contributed by atoms with Crippen molar-refractivity contribution in [2.45, 2.75) is 17.8 Å². The highest BCUT2D eigenvalue weighted by Gasteiger charge is 2.27. The molecule has 0 spiro atoms. The maximum Gasteiger partial charge on any atom is 0.276 e. The maximum atomic E-state index is 13.5. The van der Waals surface area contributed by atoms with Crippen molar-refractivity contribution in [3.05, 3.63) is 111 Å². The molecule has 5 aromatic rings. The van der Waals surface area contributed by atoms with Gasteiger partial charge in [0.15, 0.2) is 11.5 Å². The maximum absolute atomic E-state index is 13.5. The van der Waals surface area contributed by atoms with E-state index in [0.717, 1.165) is 11.8 Å². The number of ketones is 1. The lowest BCUT2D eigenvalue weighted by molar-refractivity contribution is 0.101. The molecule has 0 atom stereocenters. The van der Waals surface area contributed by atoms with Crippen LogP contribution in [0.25, 0.3) is 11.0 Å². The van der Waals surface area contributed by atoms with Crippen molar-refractivity contribution in [1.29, 1.82) is 0 Å². The molecule has 0 saturated heterocycles. The average Bonchev–Trinajstić information content (AvgIpc) is 3.30. The van der Waals surface area contributed by atoms with Crippen LogP contribution in [0, 0.1) is 6.92 Å². The molecule has 0 radical (unpaired) electrons. The molecule has 0 unspecified atom stereocenters. The highest BCUT2D eigenvalue weighted by Crippen LogP contribution is 2.34. The molecule has 12 heteroatoms. The van der Waals surface area contributed by atoms with Crippen LogP contribution in [0.1, 0.15) is 37.7 Å². The Kier molecular flexibility index (Phi) is 7.94. The minimum Gasteiger partial charge on any atom is -0.496 e. The highest BCUT2D eigenvalue weighted by molar-refractivity contribution is 9.10. The number of nitrogens with zero attached hydrogens (tertiary/aromatic N) is 2. The van der Waals surface area contributed by atoms with Gasteiger partial charge in [-0.15, -0.1) is 0 Å². The fourth-order valence-electron chi connectivity index (χ4n) is 4.19. The van der Waals surface area contributed by atoms with Crippen molar-refractivity contribution in [3.63, 3.8) is 0 Å². The predicted molar refractivity (Wildman–Crippen MR) is 157 cm³/mol. The summed E-state index contributed by atoms with van der Waals surface area (Å²) in [7, 11) is -2.51. The summed E-state index contributed by atoms with van der Waals surface area (Å²) in [4.78, 5) is 34.8. The van der Waals surface area contributed by atoms with Gasteiger partial charge in [-0.2, -0.15) is 0 Å². The van der Waals surface area contributed by atoms with E-state index in [1.165, 1.54) is 7.11 Å². The van der Waals surface area contributed by atoms with Crippen LogP contribution in [-0.2, 0) is 15.6 Å². The van der Waals surface area contributed by atoms with Gasteiger partial charge in [-0.1, -0.05) is 53.6 Å². The molecule has 0 aliphatic carbocycles. The van der Waals surface area contributed by atoms with E-state index < -0.39 is 26.7 Å². The molecular weight excluding hydrogens is 634 g/mol. The number of anilines is 1. The Labute approximate surface area is 248 Å². The topological polar surface area (TPSA) is 128 Å². The van der Waals surface area contributed by atoms with Gasteiger partial charge in [0, 0.05) is 10.9 Å². The highest BCUT2D eigenvalue weighted by atomic mass is 79.9. The van der Waals surface area contributed by atoms with Crippen molar-refractivity contribution in [2.75, 3.05) is 12.4 Å². The lowest BCUT2D eigenvalue weighted by Gasteiger charge is -2.09. The number of ether oxygens (including phenoxy) is 1. The zero-order chi connectivity index (χ0) is 29.3. The van der Waals surface area contributed by atoms with Crippen LogP contribution in [0.15, 0.2) is 87.0 Å². The number of aryl methyl sites for hydroxylation is 1. The number of nitrogens with one attached hydrogen (secondary N) is 1. The van der Waals surface area contributed by atoms with Crippen LogP contribution in [0.3, 0.4) is 0 Å². The van der Waals surface area contributed by atoms with Gasteiger partial charge in [0.1, 0.15) is 11.3 Å². The summed E-state index contributed by atoms with van der Waals surface area (Å²) in [6, 6.07) is 18.6. The summed E-state index contributed by atoms with van der Waals surface area (Å²) < 4.78 is 37.8. The van der Waals surface area contributed by atoms with Gasteiger partial charge in [-0.25, -0.2) is 18.4 Å². The Morgan fingerprint density at radius 2 is 1.85 bits per heavy atom. The van der Waals surface area contributed by atoms with Crippen LogP contribution in [0.2, 0.25) is 5.02 Å². The number of halogens is 2. The lowest BCUT2D eigenvalue weighted by atomic mass is 10.1. The van der Waals surface area contributed by atoms with E-state index in [1.54, 1.807) is 60.7 Å². The number of carbonyl (C=O) groups excluding carboxylic acids is 2. The average molecular weight is 655 g/mol. The third kappa shape index (κ3) is 5.88. The Morgan fingerprint density at radius 3 is 2.59 bits per heavy atom. The normalized spacial score (nSPS) is 11.4. The van der Waals surface area contributed by atoms with Crippen molar-refractivity contribution in [2.24, 2.45) is 0 Å². The summed E-state index contributed by atoms with van der Waals surface area (Å²) >= 11 is 9.61. The minimum absolute atomic E-state index is 0.0846. The smallest absolute Gasteiger partial charge is 0.276 e. The molecule has 208 valence electrons. The van der Waals surface area contributed by atoms with Crippen LogP contribution in [0.4, 0.5) is 5.69 Å². The molecular formula is C29H21BrClN3O6S. The quantitative estimate of drug-likeness (QED) is 0.150. The molecule has 0 bridgehead atoms. The SMILES string of the molecule is COc1ccc(C(=O)c2oc3ccccc3c2NC(=O)c2nc(S(=O)(=O)Cc3cccc(C)c3)ncc2Cl)cc1Br. The first kappa shape index (κ1) is 28.5. The second kappa shape index (κ2) is 11.4. The number of hydrogen-bond acceptors (Lipinski definition) is 8. The number of sulfone groups is 1. The van der Waals surface area contributed by atoms with Gasteiger partial charge in [0.25, 0.3) is 5.91 Å². The molecule has 41 heavy (non-hydrogen) atoms. The number of hydrogen-bond donors (Lipinski definition) is 1. The fourth-order valence-corrected chi connectivity index (χ4v) is 6.10. The Bertz CT molecular complexity index is 1940. The first-order valence-electron chi connectivity index (χ1n) is 12.1. The monoisotopic (exact) mass is 653 g/mol. The number of carbonyl (C=O) groups is 2. The standard InChI is InChI=1S/C29H21BrClN3O6S/c1-16-6-5-7-17(12-16)15-41(37,38)29-32-14-21(31)25(34-29)28(36)33-24-19-8-3-4-9-22(19)40-27(24)26(35)18-10-11-23(39-2)20(30)13-18/h3-14H,15H2,1-2H3,(H,33,36). The predicted octanol–water partition coefficient (Wildman–Crippen LogP) is 6.41. The van der Waals surface area contributed by atoms with Gasteiger partial charge < -0.3 is 14.5 Å². The second-order valence-corrected chi connectivity index (χ2v) is 12.2. The van der Waals surface area contributed by atoms with Crippen molar-refractivity contribution >= 4 is 65.7 Å². The van der Waals surface area contributed by atoms with E-state index in [2.05, 4.69) is 31.2 Å². The number of methoxy groups -OCH3 is 1. The largest absolute Gasteiger partial charge is 0.496 e. The number of amides is 1. The number of aromatic nitrogens is 2. The molecule has 0 fully saturated rings. The number of para-hydroxylation sites is 1. The Morgan fingerprint density at radius 1 is 1.07 bits per heavy atom. The number of fused-ring (bicyclic) bond motifs is 1. The van der Waals surface area contributed by atoms with Gasteiger partial charge in [0.2, 0.25) is 20.8 Å². The molecule has 2 heterocycles. The Balaban J connectivity index is 1.51. The second-order valence-electron chi connectivity index (χ2n) is 9.03. The molecule has 9 nitrogen and oxygen atoms in total. The van der Waals surface area contributed by atoms with Crippen molar-refractivity contribution in [3.8, 4) is 5.75 Å². The van der Waals surface area contributed by atoms with E-state index in [1.807, 2.05) is 13.0 Å². The van der Waals surface area contributed by atoms with Crippen molar-refractivity contribution < 1.29 is 27.2 Å². The van der Waals surface area contributed by atoms with Crippen LogP contribution in [-0.4, -0.2) is 37.2 Å². The molecule has 3 aromatic carbocycles. The van der Waals surface area contributed by atoms with E-state index in [0.29, 0.717) is 26.8 Å². The first-order chi connectivity index (χ1) is 19.6. The van der Waals surface area contributed by atoms with E-state index >= 15 is 0 Å². The van der Waals surface area contributed by atoms with Gasteiger partial charge in [0.05, 0.1) is 34.2 Å². The third-order valence-electron chi connectivity index (χ3n) is 6.11. The fraction of sp³-hybridized carbons (Fsp3) is 0.103. The molecule has 0 aliphatic heterocycles. The summed E-state index contributed by atoms with van der Waals surface area (Å²) in [5, 5.41) is 2.39. The van der Waals surface area contributed by atoms with Crippen molar-refractivity contribution in [1.82, 2.24) is 9.97 Å². The molecule has 0 aliphatic rings. The molecule has 2 aromatic heterocycles. The lowest BCUT2D eigenvalue weighted by Crippen LogP contribution is -2.19. The van der Waals surface area contributed by atoms with Crippen LogP contribution in [0.5, 0.6) is 5.75 Å². The number of benzene rings is 3. The van der Waals surface area contributed by atoms with E-state index in [4.69, 9.17) is 20.8 Å². The number of rotatable bonds is 8. The molecule has 1 amide bonds. The summed E-state index contributed by atoms with van der Waals surface area (Å²) in [5.74, 6) is -1.31. The summed E-state index contributed by atoms with van der Waals surface area (Å²) in [5.41, 5.74) is 1.79. The van der Waals surface area contributed by atoms with Gasteiger partial charge in [-0.05, 0) is 58.7 Å². The zero-order valence-corrected chi connectivity index (χ0v) is 24.8. The molecule has 1 N–H and O–H groups in total. The summed E-state index contributed by atoms with van der Waals surface area (Å²) in [6.45, 7) is 1.85. The first-order valence-corrected chi connectivity index (χ1v) is 14.9. The number of furan rings is 1. The molecule has 0 saturated carbocycles. The van der Waals surface area contributed by atoms with Gasteiger partial charge >= 0.3 is 0 Å². The third-order valence-corrected chi connectivity index (χ3v) is 8.47. The summed E-state index contributed by atoms with van der Waals surface area (Å²) in [6.07, 6.45) is 1.06. The minimum atomic E-state index is -4.02. The van der Waals surface area contributed by atoms with E-state index in [9.17, 15) is 18.0 Å². The molecule has 5 rings (SSSR count). The van der Waals surface area contributed by atoms with Crippen LogP contribution < -0.4 is 10.1 Å². The zero-order valence-electron chi connectivity index (χ0n) is 21.6. The van der Waals surface area contributed by atoms with E-state index in [-0.39, 0.29) is 33.5 Å².